The second-order valence-corrected chi connectivity index (χ2v) is 5.88. The molecule has 1 aliphatic rings. The molecule has 1 aliphatic heterocycles. The lowest BCUT2D eigenvalue weighted by Crippen LogP contribution is -2.58. The van der Waals surface area contributed by atoms with Crippen molar-refractivity contribution in [1.82, 2.24) is 5.32 Å². The van der Waals surface area contributed by atoms with Crippen molar-refractivity contribution in [2.75, 3.05) is 13.1 Å². The summed E-state index contributed by atoms with van der Waals surface area (Å²) in [4.78, 5) is 0. The highest BCUT2D eigenvalue weighted by atomic mass is 79.9. The molecule has 2 aromatic rings. The van der Waals surface area contributed by atoms with Crippen LogP contribution in [0.25, 0.3) is 0 Å². The molecule has 0 bridgehead atoms. The maximum Gasteiger partial charge on any atom is 0.0254 e. The lowest BCUT2D eigenvalue weighted by Gasteiger charge is -2.44. The summed E-state index contributed by atoms with van der Waals surface area (Å²) in [7, 11) is 0. The summed E-state index contributed by atoms with van der Waals surface area (Å²) in [6.07, 6.45) is 1.10. The van der Waals surface area contributed by atoms with Gasteiger partial charge in [-0.2, -0.15) is 0 Å². The van der Waals surface area contributed by atoms with Crippen molar-refractivity contribution in [3.63, 3.8) is 0 Å². The SMILES string of the molecule is Brc1ccccc1C1(Cc2ccccc2)CNC1. The zero-order chi connectivity index (χ0) is 12.4. The van der Waals surface area contributed by atoms with E-state index in [1.807, 2.05) is 0 Å². The Bertz CT molecular complexity index is 532. The van der Waals surface area contributed by atoms with Crippen LogP contribution in [0.15, 0.2) is 59.1 Å². The Morgan fingerprint density at radius 3 is 2.22 bits per heavy atom. The maximum absolute atomic E-state index is 3.69. The number of nitrogens with one attached hydrogen (secondary N) is 1. The Morgan fingerprint density at radius 2 is 1.61 bits per heavy atom. The molecule has 0 radical (unpaired) electrons. The van der Waals surface area contributed by atoms with Gasteiger partial charge >= 0.3 is 0 Å². The number of rotatable bonds is 3. The van der Waals surface area contributed by atoms with Crippen molar-refractivity contribution in [2.24, 2.45) is 0 Å². The van der Waals surface area contributed by atoms with Gasteiger partial charge in [-0.3, -0.25) is 0 Å². The van der Waals surface area contributed by atoms with Gasteiger partial charge in [0.2, 0.25) is 0 Å². The van der Waals surface area contributed by atoms with E-state index in [2.05, 4.69) is 75.8 Å². The molecule has 0 amide bonds. The highest BCUT2D eigenvalue weighted by Gasteiger charge is 2.39. The summed E-state index contributed by atoms with van der Waals surface area (Å²) in [6, 6.07) is 19.3. The highest BCUT2D eigenvalue weighted by Crippen LogP contribution is 2.36. The molecule has 2 heteroatoms. The van der Waals surface area contributed by atoms with Gasteiger partial charge in [-0.15, -0.1) is 0 Å². The molecular formula is C16H16BrN. The van der Waals surface area contributed by atoms with Gasteiger partial charge in [0.15, 0.2) is 0 Å². The first kappa shape index (κ1) is 11.9. The van der Waals surface area contributed by atoms with Crippen LogP contribution in [0.1, 0.15) is 11.1 Å². The summed E-state index contributed by atoms with van der Waals surface area (Å²) in [6.45, 7) is 2.12. The summed E-state index contributed by atoms with van der Waals surface area (Å²) in [5, 5.41) is 3.43. The lowest BCUT2D eigenvalue weighted by atomic mass is 9.71. The Labute approximate surface area is 116 Å². The quantitative estimate of drug-likeness (QED) is 0.914. The molecular weight excluding hydrogens is 286 g/mol. The topological polar surface area (TPSA) is 12.0 Å². The highest BCUT2D eigenvalue weighted by molar-refractivity contribution is 9.10. The fraction of sp³-hybridized carbons (Fsp3) is 0.250. The second-order valence-electron chi connectivity index (χ2n) is 5.03. The van der Waals surface area contributed by atoms with E-state index in [1.165, 1.54) is 15.6 Å². The van der Waals surface area contributed by atoms with Gasteiger partial charge in [-0.1, -0.05) is 64.5 Å². The van der Waals surface area contributed by atoms with E-state index in [9.17, 15) is 0 Å². The van der Waals surface area contributed by atoms with Crippen LogP contribution >= 0.6 is 15.9 Å². The monoisotopic (exact) mass is 301 g/mol. The molecule has 2 aromatic carbocycles. The van der Waals surface area contributed by atoms with E-state index in [1.54, 1.807) is 0 Å². The Morgan fingerprint density at radius 1 is 0.944 bits per heavy atom. The molecule has 18 heavy (non-hydrogen) atoms. The van der Waals surface area contributed by atoms with Crippen LogP contribution in [-0.2, 0) is 11.8 Å². The first-order valence-corrected chi connectivity index (χ1v) is 7.09. The Kier molecular flexibility index (Phi) is 3.23. The van der Waals surface area contributed by atoms with Crippen molar-refractivity contribution >= 4 is 15.9 Å². The molecule has 0 aliphatic carbocycles. The van der Waals surface area contributed by atoms with E-state index < -0.39 is 0 Å². The second kappa shape index (κ2) is 4.87. The van der Waals surface area contributed by atoms with Gasteiger partial charge in [0.1, 0.15) is 0 Å². The fourth-order valence-corrected chi connectivity index (χ4v) is 3.42. The van der Waals surface area contributed by atoms with E-state index >= 15 is 0 Å². The summed E-state index contributed by atoms with van der Waals surface area (Å²) >= 11 is 3.69. The standard InChI is InChI=1S/C16H16BrN/c17-15-9-5-4-8-14(15)16(11-18-12-16)10-13-6-2-1-3-7-13/h1-9,18H,10-12H2. The zero-order valence-corrected chi connectivity index (χ0v) is 11.8. The largest absolute Gasteiger partial charge is 0.315 e. The molecule has 0 spiro atoms. The molecule has 0 saturated carbocycles. The van der Waals surface area contributed by atoms with Crippen molar-refractivity contribution in [2.45, 2.75) is 11.8 Å². The number of hydrogen-bond acceptors (Lipinski definition) is 1. The number of hydrogen-bond donors (Lipinski definition) is 1. The molecule has 1 saturated heterocycles. The molecule has 1 fully saturated rings. The van der Waals surface area contributed by atoms with E-state index in [-0.39, 0.29) is 5.41 Å². The minimum absolute atomic E-state index is 0.251. The third-order valence-electron chi connectivity index (χ3n) is 3.76. The number of halogens is 1. The molecule has 0 atom stereocenters. The normalized spacial score (nSPS) is 17.2. The fourth-order valence-electron chi connectivity index (χ4n) is 2.72. The molecule has 92 valence electrons. The minimum Gasteiger partial charge on any atom is -0.315 e. The molecule has 1 heterocycles. The van der Waals surface area contributed by atoms with Gasteiger partial charge in [0.05, 0.1) is 0 Å². The molecule has 3 rings (SSSR count). The third kappa shape index (κ3) is 2.11. The van der Waals surface area contributed by atoms with Crippen LogP contribution < -0.4 is 5.32 Å². The first-order chi connectivity index (χ1) is 8.80. The predicted octanol–water partition coefficient (Wildman–Crippen LogP) is 3.53. The van der Waals surface area contributed by atoms with Crippen LogP contribution in [-0.4, -0.2) is 13.1 Å². The van der Waals surface area contributed by atoms with E-state index in [4.69, 9.17) is 0 Å². The van der Waals surface area contributed by atoms with E-state index in [0.29, 0.717) is 0 Å². The Balaban J connectivity index is 1.94. The van der Waals surface area contributed by atoms with Gasteiger partial charge in [-0.25, -0.2) is 0 Å². The zero-order valence-electron chi connectivity index (χ0n) is 10.2. The minimum atomic E-state index is 0.251. The summed E-state index contributed by atoms with van der Waals surface area (Å²) in [5.74, 6) is 0. The van der Waals surface area contributed by atoms with Gasteiger partial charge in [-0.05, 0) is 23.6 Å². The van der Waals surface area contributed by atoms with Gasteiger partial charge in [0, 0.05) is 23.0 Å². The average molecular weight is 302 g/mol. The van der Waals surface area contributed by atoms with E-state index in [0.717, 1.165) is 19.5 Å². The van der Waals surface area contributed by atoms with Crippen molar-refractivity contribution in [1.29, 1.82) is 0 Å². The van der Waals surface area contributed by atoms with Crippen molar-refractivity contribution in [3.05, 3.63) is 70.2 Å². The third-order valence-corrected chi connectivity index (χ3v) is 4.45. The predicted molar refractivity (Wildman–Crippen MR) is 78.8 cm³/mol. The average Bonchev–Trinajstić information content (AvgIpc) is 2.36. The smallest absolute Gasteiger partial charge is 0.0254 e. The van der Waals surface area contributed by atoms with Crippen LogP contribution in [0.2, 0.25) is 0 Å². The van der Waals surface area contributed by atoms with Crippen LogP contribution in [0.3, 0.4) is 0 Å². The molecule has 0 aromatic heterocycles. The van der Waals surface area contributed by atoms with Crippen LogP contribution in [0.4, 0.5) is 0 Å². The van der Waals surface area contributed by atoms with Gasteiger partial charge < -0.3 is 5.32 Å². The molecule has 0 unspecified atom stereocenters. The Hall–Kier alpha value is -1.12. The molecule has 1 nitrogen and oxygen atoms in total. The summed E-state index contributed by atoms with van der Waals surface area (Å²) in [5.41, 5.74) is 3.09. The maximum atomic E-state index is 3.69. The summed E-state index contributed by atoms with van der Waals surface area (Å²) < 4.78 is 1.22. The van der Waals surface area contributed by atoms with Crippen molar-refractivity contribution in [3.8, 4) is 0 Å². The first-order valence-electron chi connectivity index (χ1n) is 6.30. The van der Waals surface area contributed by atoms with Crippen LogP contribution in [0, 0.1) is 0 Å². The lowest BCUT2D eigenvalue weighted by molar-refractivity contribution is 0.273. The number of benzene rings is 2. The van der Waals surface area contributed by atoms with Gasteiger partial charge in [0.25, 0.3) is 0 Å². The van der Waals surface area contributed by atoms with Crippen LogP contribution in [0.5, 0.6) is 0 Å². The molecule has 1 N–H and O–H groups in total. The van der Waals surface area contributed by atoms with Crippen molar-refractivity contribution < 1.29 is 0 Å².